The first-order valence-electron chi connectivity index (χ1n) is 7.90. The fourth-order valence-electron chi connectivity index (χ4n) is 2.60. The summed E-state index contributed by atoms with van der Waals surface area (Å²) in [6, 6.07) is 4.35. The third kappa shape index (κ3) is 4.08. The minimum absolute atomic E-state index is 0.0474. The summed E-state index contributed by atoms with van der Waals surface area (Å²) in [5, 5.41) is 0.0995. The van der Waals surface area contributed by atoms with Crippen molar-refractivity contribution < 1.29 is 17.9 Å². The zero-order valence-corrected chi connectivity index (χ0v) is 15.7. The molecule has 1 atom stereocenters. The molecular formula is C16H23ClN2O4S. The van der Waals surface area contributed by atoms with Gasteiger partial charge in [0.05, 0.1) is 11.1 Å². The molecule has 24 heavy (non-hydrogen) atoms. The van der Waals surface area contributed by atoms with E-state index in [1.807, 2.05) is 6.92 Å². The summed E-state index contributed by atoms with van der Waals surface area (Å²) in [6.07, 6.45) is 1.99. The maximum atomic E-state index is 12.7. The summed E-state index contributed by atoms with van der Waals surface area (Å²) >= 11 is 6.03. The molecule has 8 heteroatoms. The molecule has 0 bridgehead atoms. The van der Waals surface area contributed by atoms with Crippen LogP contribution in [0.5, 0.6) is 0 Å². The van der Waals surface area contributed by atoms with E-state index in [2.05, 4.69) is 0 Å². The Morgan fingerprint density at radius 3 is 2.62 bits per heavy atom. The summed E-state index contributed by atoms with van der Waals surface area (Å²) in [6.45, 7) is 3.65. The monoisotopic (exact) mass is 374 g/mol. The van der Waals surface area contributed by atoms with Crippen LogP contribution in [0.2, 0.25) is 5.02 Å². The first kappa shape index (κ1) is 19.2. The van der Waals surface area contributed by atoms with E-state index in [4.69, 9.17) is 16.3 Å². The Kier molecular flexibility index (Phi) is 6.25. The average Bonchev–Trinajstić information content (AvgIpc) is 3.05. The first-order valence-corrected chi connectivity index (χ1v) is 9.72. The highest BCUT2D eigenvalue weighted by molar-refractivity contribution is 7.89. The van der Waals surface area contributed by atoms with Gasteiger partial charge in [-0.25, -0.2) is 12.7 Å². The Morgan fingerprint density at radius 2 is 2.08 bits per heavy atom. The molecule has 6 nitrogen and oxygen atoms in total. The average molecular weight is 375 g/mol. The Morgan fingerprint density at radius 1 is 1.38 bits per heavy atom. The van der Waals surface area contributed by atoms with Crippen LogP contribution in [0.3, 0.4) is 0 Å². The van der Waals surface area contributed by atoms with Gasteiger partial charge in [0.1, 0.15) is 4.90 Å². The normalized spacial score (nSPS) is 18.1. The molecule has 134 valence electrons. The molecule has 1 saturated heterocycles. The number of hydrogen-bond donors (Lipinski definition) is 0. The van der Waals surface area contributed by atoms with Gasteiger partial charge >= 0.3 is 0 Å². The summed E-state index contributed by atoms with van der Waals surface area (Å²) in [5.74, 6) is -0.222. The van der Waals surface area contributed by atoms with Crippen LogP contribution in [-0.2, 0) is 14.8 Å². The number of carbonyl (C=O) groups excluding carboxylic acids is 1. The Hall–Kier alpha value is -1.15. The standard InChI is InChI=1S/C16H23ClN2O4S/c1-4-19(11-13-6-5-9-23-13)16(20)12-7-8-14(17)15(10-12)24(21,22)18(2)3/h7-8,10,13H,4-6,9,11H2,1-3H3. The summed E-state index contributed by atoms with van der Waals surface area (Å²) in [7, 11) is -0.859. The molecule has 2 rings (SSSR count). The second kappa shape index (κ2) is 7.82. The molecule has 0 radical (unpaired) electrons. The van der Waals surface area contributed by atoms with E-state index < -0.39 is 10.0 Å². The van der Waals surface area contributed by atoms with Crippen LogP contribution in [-0.4, -0.2) is 63.4 Å². The number of amides is 1. The van der Waals surface area contributed by atoms with E-state index in [-0.39, 0.29) is 21.9 Å². The Labute approximate surface area is 148 Å². The van der Waals surface area contributed by atoms with Gasteiger partial charge in [0.2, 0.25) is 10.0 Å². The zero-order chi connectivity index (χ0) is 17.9. The van der Waals surface area contributed by atoms with E-state index in [0.29, 0.717) is 18.7 Å². The minimum atomic E-state index is -3.71. The van der Waals surface area contributed by atoms with Crippen molar-refractivity contribution in [2.45, 2.75) is 30.8 Å². The SMILES string of the molecule is CCN(CC1CCCO1)C(=O)c1ccc(Cl)c(S(=O)(=O)N(C)C)c1. The number of ether oxygens (including phenoxy) is 1. The molecule has 0 aromatic heterocycles. The highest BCUT2D eigenvalue weighted by Gasteiger charge is 2.26. The molecule has 1 unspecified atom stereocenters. The number of likely N-dealkylation sites (N-methyl/N-ethyl adjacent to an activating group) is 1. The summed E-state index contributed by atoms with van der Waals surface area (Å²) in [5.41, 5.74) is 0.305. The van der Waals surface area contributed by atoms with Gasteiger partial charge in [-0.1, -0.05) is 11.6 Å². The molecule has 1 heterocycles. The predicted octanol–water partition coefficient (Wildman–Crippen LogP) is 2.23. The van der Waals surface area contributed by atoms with Crippen LogP contribution in [0, 0.1) is 0 Å². The van der Waals surface area contributed by atoms with Crippen LogP contribution >= 0.6 is 11.6 Å². The number of benzene rings is 1. The van der Waals surface area contributed by atoms with E-state index in [1.54, 1.807) is 11.0 Å². The molecule has 1 fully saturated rings. The third-order valence-corrected chi connectivity index (χ3v) is 6.35. The number of carbonyl (C=O) groups is 1. The molecule has 0 saturated carbocycles. The molecule has 0 N–H and O–H groups in total. The van der Waals surface area contributed by atoms with Gasteiger partial charge < -0.3 is 9.64 Å². The van der Waals surface area contributed by atoms with Crippen molar-refractivity contribution in [1.29, 1.82) is 0 Å². The van der Waals surface area contributed by atoms with Crippen LogP contribution < -0.4 is 0 Å². The quantitative estimate of drug-likeness (QED) is 0.765. The van der Waals surface area contributed by atoms with Crippen LogP contribution in [0.25, 0.3) is 0 Å². The van der Waals surface area contributed by atoms with E-state index in [1.165, 1.54) is 26.2 Å². The smallest absolute Gasteiger partial charge is 0.253 e. The Balaban J connectivity index is 2.28. The fourth-order valence-corrected chi connectivity index (χ4v) is 4.00. The largest absolute Gasteiger partial charge is 0.376 e. The molecule has 1 aliphatic rings. The van der Waals surface area contributed by atoms with Crippen LogP contribution in [0.1, 0.15) is 30.1 Å². The number of nitrogens with zero attached hydrogens (tertiary/aromatic N) is 2. The van der Waals surface area contributed by atoms with Crippen LogP contribution in [0.4, 0.5) is 0 Å². The lowest BCUT2D eigenvalue weighted by Gasteiger charge is -2.24. The van der Waals surface area contributed by atoms with Gasteiger partial charge in [0, 0.05) is 39.4 Å². The van der Waals surface area contributed by atoms with E-state index in [9.17, 15) is 13.2 Å². The summed E-state index contributed by atoms with van der Waals surface area (Å²) < 4.78 is 31.3. The van der Waals surface area contributed by atoms with Crippen molar-refractivity contribution in [3.8, 4) is 0 Å². The summed E-state index contributed by atoms with van der Waals surface area (Å²) in [4.78, 5) is 14.4. The zero-order valence-electron chi connectivity index (χ0n) is 14.2. The lowest BCUT2D eigenvalue weighted by Crippen LogP contribution is -2.37. The maximum absolute atomic E-state index is 12.7. The lowest BCUT2D eigenvalue weighted by molar-refractivity contribution is 0.0539. The van der Waals surface area contributed by atoms with Gasteiger partial charge in [0.25, 0.3) is 5.91 Å². The third-order valence-electron chi connectivity index (χ3n) is 4.05. The van der Waals surface area contributed by atoms with Crippen molar-refractivity contribution in [3.05, 3.63) is 28.8 Å². The second-order valence-corrected chi connectivity index (χ2v) is 8.44. The highest BCUT2D eigenvalue weighted by atomic mass is 35.5. The predicted molar refractivity (Wildman–Crippen MR) is 92.9 cm³/mol. The van der Waals surface area contributed by atoms with E-state index >= 15 is 0 Å². The molecule has 1 aliphatic heterocycles. The number of rotatable bonds is 6. The highest BCUT2D eigenvalue weighted by Crippen LogP contribution is 2.25. The molecule has 1 aromatic carbocycles. The molecule has 1 amide bonds. The van der Waals surface area contributed by atoms with Crippen molar-refractivity contribution in [2.24, 2.45) is 0 Å². The maximum Gasteiger partial charge on any atom is 0.253 e. The van der Waals surface area contributed by atoms with Gasteiger partial charge in [-0.15, -0.1) is 0 Å². The van der Waals surface area contributed by atoms with E-state index in [0.717, 1.165) is 23.8 Å². The van der Waals surface area contributed by atoms with Gasteiger partial charge in [-0.2, -0.15) is 0 Å². The van der Waals surface area contributed by atoms with Crippen LogP contribution in [0.15, 0.2) is 23.1 Å². The van der Waals surface area contributed by atoms with Crippen molar-refractivity contribution >= 4 is 27.5 Å². The molecule has 1 aromatic rings. The minimum Gasteiger partial charge on any atom is -0.376 e. The van der Waals surface area contributed by atoms with Crippen molar-refractivity contribution in [1.82, 2.24) is 9.21 Å². The number of halogens is 1. The molecule has 0 aliphatic carbocycles. The molecule has 0 spiro atoms. The van der Waals surface area contributed by atoms with Gasteiger partial charge in [0.15, 0.2) is 0 Å². The second-order valence-electron chi connectivity index (χ2n) is 5.91. The van der Waals surface area contributed by atoms with Gasteiger partial charge in [-0.3, -0.25) is 4.79 Å². The Bertz CT molecular complexity index is 700. The van der Waals surface area contributed by atoms with Crippen molar-refractivity contribution in [2.75, 3.05) is 33.8 Å². The lowest BCUT2D eigenvalue weighted by atomic mass is 10.1. The topological polar surface area (TPSA) is 66.9 Å². The van der Waals surface area contributed by atoms with Gasteiger partial charge in [-0.05, 0) is 38.0 Å². The first-order chi connectivity index (χ1) is 11.3. The molecular weight excluding hydrogens is 352 g/mol. The number of sulfonamides is 1. The van der Waals surface area contributed by atoms with Crippen molar-refractivity contribution in [3.63, 3.8) is 0 Å². The fraction of sp³-hybridized carbons (Fsp3) is 0.562. The number of hydrogen-bond acceptors (Lipinski definition) is 4.